The summed E-state index contributed by atoms with van der Waals surface area (Å²) in [5.74, 6) is 1.28. The van der Waals surface area contributed by atoms with Crippen molar-refractivity contribution >= 4 is 23.1 Å². The summed E-state index contributed by atoms with van der Waals surface area (Å²) >= 11 is 6.17. The molecule has 0 saturated carbocycles. The number of anilines is 2. The number of hydrogen-bond acceptors (Lipinski definition) is 4. The fourth-order valence-electron chi connectivity index (χ4n) is 2.53. The first-order valence-electron chi connectivity index (χ1n) is 6.89. The van der Waals surface area contributed by atoms with Crippen molar-refractivity contribution in [3.63, 3.8) is 0 Å². The molecule has 0 aliphatic carbocycles. The molecule has 1 fully saturated rings. The molecule has 4 nitrogen and oxygen atoms in total. The second kappa shape index (κ2) is 5.85. The zero-order valence-corrected chi connectivity index (χ0v) is 12.5. The number of benzene rings is 1. The molecule has 0 unspecified atom stereocenters. The van der Waals surface area contributed by atoms with Crippen molar-refractivity contribution in [3.8, 4) is 0 Å². The Balaban J connectivity index is 1.73. The van der Waals surface area contributed by atoms with Gasteiger partial charge in [0.25, 0.3) is 0 Å². The zero-order chi connectivity index (χ0) is 14.8. The van der Waals surface area contributed by atoms with E-state index >= 15 is 0 Å². The molecule has 0 radical (unpaired) electrons. The van der Waals surface area contributed by atoms with Gasteiger partial charge in [-0.1, -0.05) is 23.7 Å². The van der Waals surface area contributed by atoms with E-state index in [2.05, 4.69) is 14.9 Å². The molecular formula is C15H16ClFN4. The van der Waals surface area contributed by atoms with Crippen LogP contribution in [0.5, 0.6) is 0 Å². The molecule has 2 aromatic rings. The molecule has 110 valence electrons. The molecule has 2 heterocycles. The average Bonchev–Trinajstić information content (AvgIpc) is 2.50. The Bertz CT molecular complexity index is 641. The van der Waals surface area contributed by atoms with E-state index in [-0.39, 0.29) is 5.82 Å². The molecule has 0 atom stereocenters. The highest BCUT2D eigenvalue weighted by Crippen LogP contribution is 2.26. The Kier molecular flexibility index (Phi) is 3.92. The van der Waals surface area contributed by atoms with Gasteiger partial charge in [-0.05, 0) is 19.1 Å². The first-order chi connectivity index (χ1) is 10.1. The number of rotatable bonds is 2. The van der Waals surface area contributed by atoms with E-state index < -0.39 is 0 Å². The van der Waals surface area contributed by atoms with Gasteiger partial charge in [-0.2, -0.15) is 0 Å². The SMILES string of the molecule is Cc1ncc(Cl)c(N2CCN(c3ccccc3F)CC2)n1. The molecule has 6 heteroatoms. The molecule has 0 N–H and O–H groups in total. The van der Waals surface area contributed by atoms with Gasteiger partial charge in [-0.15, -0.1) is 0 Å². The zero-order valence-electron chi connectivity index (χ0n) is 11.8. The Morgan fingerprint density at radius 3 is 2.48 bits per heavy atom. The molecule has 1 saturated heterocycles. The highest BCUT2D eigenvalue weighted by molar-refractivity contribution is 6.32. The predicted octanol–water partition coefficient (Wildman–Crippen LogP) is 2.90. The average molecular weight is 307 g/mol. The van der Waals surface area contributed by atoms with Crippen molar-refractivity contribution in [2.75, 3.05) is 36.0 Å². The molecule has 3 rings (SSSR count). The molecular weight excluding hydrogens is 291 g/mol. The smallest absolute Gasteiger partial charge is 0.151 e. The highest BCUT2D eigenvalue weighted by Gasteiger charge is 2.21. The summed E-state index contributed by atoms with van der Waals surface area (Å²) in [6.07, 6.45) is 1.63. The van der Waals surface area contributed by atoms with E-state index in [1.165, 1.54) is 6.07 Å². The fourth-order valence-corrected chi connectivity index (χ4v) is 2.74. The fraction of sp³-hybridized carbons (Fsp3) is 0.333. The van der Waals surface area contributed by atoms with E-state index in [1.807, 2.05) is 24.0 Å². The molecule has 1 aliphatic heterocycles. The van der Waals surface area contributed by atoms with Gasteiger partial charge in [0, 0.05) is 26.2 Å². The summed E-state index contributed by atoms with van der Waals surface area (Å²) in [7, 11) is 0. The number of piperazine rings is 1. The maximum atomic E-state index is 13.8. The van der Waals surface area contributed by atoms with E-state index in [4.69, 9.17) is 11.6 Å². The van der Waals surface area contributed by atoms with Crippen LogP contribution < -0.4 is 9.80 Å². The third kappa shape index (κ3) is 2.93. The molecule has 1 aromatic heterocycles. The van der Waals surface area contributed by atoms with Crippen LogP contribution >= 0.6 is 11.6 Å². The summed E-state index contributed by atoms with van der Waals surface area (Å²) in [6, 6.07) is 6.87. The van der Waals surface area contributed by atoms with E-state index in [9.17, 15) is 4.39 Å². The van der Waals surface area contributed by atoms with Crippen molar-refractivity contribution < 1.29 is 4.39 Å². The minimum Gasteiger partial charge on any atom is -0.366 e. The van der Waals surface area contributed by atoms with Crippen LogP contribution in [0.1, 0.15) is 5.82 Å². The largest absolute Gasteiger partial charge is 0.366 e. The molecule has 0 amide bonds. The summed E-state index contributed by atoms with van der Waals surface area (Å²) < 4.78 is 13.8. The van der Waals surface area contributed by atoms with Crippen LogP contribution in [0.15, 0.2) is 30.5 Å². The monoisotopic (exact) mass is 306 g/mol. The van der Waals surface area contributed by atoms with Gasteiger partial charge in [-0.3, -0.25) is 0 Å². The Hall–Kier alpha value is -1.88. The predicted molar refractivity (Wildman–Crippen MR) is 82.6 cm³/mol. The first-order valence-corrected chi connectivity index (χ1v) is 7.26. The molecule has 0 spiro atoms. The topological polar surface area (TPSA) is 32.3 Å². The van der Waals surface area contributed by atoms with Gasteiger partial charge in [0.05, 0.1) is 11.9 Å². The van der Waals surface area contributed by atoms with Crippen LogP contribution in [0.3, 0.4) is 0 Å². The molecule has 1 aromatic carbocycles. The number of para-hydroxylation sites is 1. The lowest BCUT2D eigenvalue weighted by Crippen LogP contribution is -2.47. The lowest BCUT2D eigenvalue weighted by molar-refractivity contribution is 0.596. The highest BCUT2D eigenvalue weighted by atomic mass is 35.5. The van der Waals surface area contributed by atoms with Gasteiger partial charge in [0.2, 0.25) is 0 Å². The van der Waals surface area contributed by atoms with Crippen molar-refractivity contribution in [1.29, 1.82) is 0 Å². The first kappa shape index (κ1) is 14.1. The normalized spacial score (nSPS) is 15.4. The van der Waals surface area contributed by atoms with Gasteiger partial charge in [-0.25, -0.2) is 14.4 Å². The Morgan fingerprint density at radius 1 is 1.10 bits per heavy atom. The van der Waals surface area contributed by atoms with Gasteiger partial charge in [0.15, 0.2) is 5.82 Å². The number of aromatic nitrogens is 2. The number of aryl methyl sites for hydroxylation is 1. The molecule has 1 aliphatic rings. The third-order valence-electron chi connectivity index (χ3n) is 3.62. The molecule has 21 heavy (non-hydrogen) atoms. The van der Waals surface area contributed by atoms with Crippen LogP contribution in [0, 0.1) is 12.7 Å². The van der Waals surface area contributed by atoms with Crippen LogP contribution in [0.2, 0.25) is 5.02 Å². The van der Waals surface area contributed by atoms with Crippen LogP contribution in [0.4, 0.5) is 15.9 Å². The van der Waals surface area contributed by atoms with E-state index in [0.717, 1.165) is 32.0 Å². The summed E-state index contributed by atoms with van der Waals surface area (Å²) in [6.45, 7) is 4.82. The van der Waals surface area contributed by atoms with Gasteiger partial charge >= 0.3 is 0 Å². The van der Waals surface area contributed by atoms with E-state index in [0.29, 0.717) is 16.5 Å². The van der Waals surface area contributed by atoms with Crippen LogP contribution in [0.25, 0.3) is 0 Å². The standard InChI is InChI=1S/C15H16ClFN4/c1-11-18-10-12(16)15(19-11)21-8-6-20(7-9-21)14-5-3-2-4-13(14)17/h2-5,10H,6-9H2,1H3. The van der Waals surface area contributed by atoms with Crippen molar-refractivity contribution in [3.05, 3.63) is 47.1 Å². The molecule has 0 bridgehead atoms. The number of nitrogens with zero attached hydrogens (tertiary/aromatic N) is 4. The maximum absolute atomic E-state index is 13.8. The summed E-state index contributed by atoms with van der Waals surface area (Å²) in [5.41, 5.74) is 0.655. The number of halogens is 2. The Morgan fingerprint density at radius 2 is 1.76 bits per heavy atom. The summed E-state index contributed by atoms with van der Waals surface area (Å²) in [4.78, 5) is 12.6. The van der Waals surface area contributed by atoms with Crippen molar-refractivity contribution in [2.45, 2.75) is 6.92 Å². The quantitative estimate of drug-likeness (QED) is 0.854. The van der Waals surface area contributed by atoms with Crippen LogP contribution in [-0.4, -0.2) is 36.1 Å². The van der Waals surface area contributed by atoms with Crippen molar-refractivity contribution in [2.24, 2.45) is 0 Å². The van der Waals surface area contributed by atoms with Crippen LogP contribution in [-0.2, 0) is 0 Å². The summed E-state index contributed by atoms with van der Waals surface area (Å²) in [5, 5.41) is 0.556. The Labute approximate surface area is 128 Å². The van der Waals surface area contributed by atoms with Crippen molar-refractivity contribution in [1.82, 2.24) is 9.97 Å². The lowest BCUT2D eigenvalue weighted by atomic mass is 10.2. The third-order valence-corrected chi connectivity index (χ3v) is 3.89. The van der Waals surface area contributed by atoms with Gasteiger partial charge in [0.1, 0.15) is 16.7 Å². The second-order valence-corrected chi connectivity index (χ2v) is 5.42. The minimum atomic E-state index is -0.179. The maximum Gasteiger partial charge on any atom is 0.151 e. The second-order valence-electron chi connectivity index (χ2n) is 5.01. The lowest BCUT2D eigenvalue weighted by Gasteiger charge is -2.37. The minimum absolute atomic E-state index is 0.179. The van der Waals surface area contributed by atoms with E-state index in [1.54, 1.807) is 12.3 Å². The van der Waals surface area contributed by atoms with Gasteiger partial charge < -0.3 is 9.80 Å². The number of hydrogen-bond donors (Lipinski definition) is 0.